The average Bonchev–Trinajstić information content (AvgIpc) is 2.52. The first-order valence-corrected chi connectivity index (χ1v) is 5.92. The summed E-state index contributed by atoms with van der Waals surface area (Å²) in [6, 6.07) is 0.507. The van der Waals surface area contributed by atoms with Gasteiger partial charge in [-0.2, -0.15) is 13.2 Å². The van der Waals surface area contributed by atoms with Gasteiger partial charge in [0.05, 0.1) is 11.1 Å². The van der Waals surface area contributed by atoms with E-state index in [1.54, 1.807) is 0 Å². The Labute approximate surface area is 107 Å². The number of carbonyl (C=O) groups excluding carboxylic acids is 1. The van der Waals surface area contributed by atoms with Crippen molar-refractivity contribution in [1.82, 2.24) is 4.57 Å². The molecule has 1 aliphatic heterocycles. The number of aromatic nitrogens is 1. The quantitative estimate of drug-likeness (QED) is 0.799. The molecule has 1 N–H and O–H groups in total. The summed E-state index contributed by atoms with van der Waals surface area (Å²) in [6.07, 6.45) is -3.30. The van der Waals surface area contributed by atoms with Gasteiger partial charge in [-0.25, -0.2) is 0 Å². The van der Waals surface area contributed by atoms with Crippen LogP contribution in [0.1, 0.15) is 35.7 Å². The van der Waals surface area contributed by atoms with Crippen LogP contribution in [0.4, 0.5) is 19.0 Å². The molecule has 0 aliphatic carbocycles. The van der Waals surface area contributed by atoms with Crippen molar-refractivity contribution in [3.63, 3.8) is 0 Å². The van der Waals surface area contributed by atoms with Gasteiger partial charge >= 0.3 is 6.18 Å². The molecule has 0 atom stereocenters. The van der Waals surface area contributed by atoms with Crippen molar-refractivity contribution in [1.29, 1.82) is 0 Å². The summed E-state index contributed by atoms with van der Waals surface area (Å²) in [6.45, 7) is 1.84. The molecule has 4 nitrogen and oxygen atoms in total. The number of nitrogens with one attached hydrogen (secondary N) is 1. The number of carbonyl (C=O) groups is 1. The zero-order valence-electron chi connectivity index (χ0n) is 10.3. The van der Waals surface area contributed by atoms with E-state index in [1.165, 1.54) is 4.57 Å². The number of anilines is 1. The maximum atomic E-state index is 12.9. The molecular weight excluding hydrogens is 261 g/mol. The normalized spacial score (nSPS) is 15.4. The molecule has 7 heteroatoms. The summed E-state index contributed by atoms with van der Waals surface area (Å²) >= 11 is 0. The van der Waals surface area contributed by atoms with Gasteiger partial charge in [0, 0.05) is 19.2 Å². The van der Waals surface area contributed by atoms with E-state index in [0.717, 1.165) is 13.3 Å². The van der Waals surface area contributed by atoms with Crippen LogP contribution in [-0.2, 0) is 12.7 Å². The molecule has 19 heavy (non-hydrogen) atoms. The highest BCUT2D eigenvalue weighted by molar-refractivity contribution is 6.00. The molecule has 0 saturated heterocycles. The Hall–Kier alpha value is -1.79. The van der Waals surface area contributed by atoms with Crippen molar-refractivity contribution in [2.75, 3.05) is 11.9 Å². The Kier molecular flexibility index (Phi) is 3.38. The molecule has 1 aromatic heterocycles. The lowest BCUT2D eigenvalue weighted by molar-refractivity contribution is -0.138. The molecule has 2 rings (SSSR count). The van der Waals surface area contributed by atoms with Crippen molar-refractivity contribution >= 4 is 11.6 Å². The van der Waals surface area contributed by atoms with Gasteiger partial charge in [0.2, 0.25) is 0 Å². The van der Waals surface area contributed by atoms with E-state index in [2.05, 4.69) is 5.32 Å². The Morgan fingerprint density at radius 1 is 1.37 bits per heavy atom. The molecule has 0 bridgehead atoms. The monoisotopic (exact) mass is 274 g/mol. The number of rotatable bonds is 1. The number of ketones is 1. The fraction of sp³-hybridized carbons (Fsp3) is 0.500. The van der Waals surface area contributed by atoms with Crippen molar-refractivity contribution in [2.24, 2.45) is 0 Å². The standard InChI is InChI=1S/C12H13F3N2O2/c1-7(18)10-8(12(13,14)15)6-9(19)17-5-3-2-4-16-11(10)17/h6,16H,2-5H2,1H3. The van der Waals surface area contributed by atoms with E-state index in [-0.39, 0.29) is 5.82 Å². The highest BCUT2D eigenvalue weighted by Gasteiger charge is 2.37. The molecule has 0 radical (unpaired) electrons. The van der Waals surface area contributed by atoms with E-state index in [4.69, 9.17) is 0 Å². The molecule has 0 unspecified atom stereocenters. The molecule has 0 spiro atoms. The Bertz CT molecular complexity index is 576. The van der Waals surface area contributed by atoms with Crippen LogP contribution in [0, 0.1) is 0 Å². The molecule has 0 amide bonds. The van der Waals surface area contributed by atoms with E-state index >= 15 is 0 Å². The van der Waals surface area contributed by atoms with Gasteiger partial charge in [0.25, 0.3) is 5.56 Å². The van der Waals surface area contributed by atoms with Crippen molar-refractivity contribution < 1.29 is 18.0 Å². The lowest BCUT2D eigenvalue weighted by Gasteiger charge is -2.18. The van der Waals surface area contributed by atoms with Gasteiger partial charge in [-0.05, 0) is 19.8 Å². The second-order valence-electron chi connectivity index (χ2n) is 4.46. The lowest BCUT2D eigenvalue weighted by atomic mass is 10.0. The molecule has 104 valence electrons. The third-order valence-electron chi connectivity index (χ3n) is 3.07. The van der Waals surface area contributed by atoms with Crippen LogP contribution >= 0.6 is 0 Å². The number of alkyl halides is 3. The van der Waals surface area contributed by atoms with Crippen molar-refractivity contribution in [3.05, 3.63) is 27.5 Å². The summed E-state index contributed by atoms with van der Waals surface area (Å²) in [4.78, 5) is 23.3. The maximum Gasteiger partial charge on any atom is 0.417 e. The largest absolute Gasteiger partial charge is 0.417 e. The van der Waals surface area contributed by atoms with E-state index < -0.39 is 28.6 Å². The third kappa shape index (κ3) is 2.50. The predicted octanol–water partition coefficient (Wildman–Crippen LogP) is 2.28. The summed E-state index contributed by atoms with van der Waals surface area (Å²) in [5.41, 5.74) is -2.35. The smallest absolute Gasteiger partial charge is 0.371 e. The van der Waals surface area contributed by atoms with Gasteiger partial charge < -0.3 is 5.32 Å². The van der Waals surface area contributed by atoms with Crippen LogP contribution in [-0.4, -0.2) is 16.9 Å². The molecule has 2 heterocycles. The second-order valence-corrected chi connectivity index (χ2v) is 4.46. The fourth-order valence-corrected chi connectivity index (χ4v) is 2.23. The Morgan fingerprint density at radius 3 is 2.63 bits per heavy atom. The first-order chi connectivity index (χ1) is 8.82. The van der Waals surface area contributed by atoms with E-state index in [0.29, 0.717) is 25.6 Å². The first kappa shape index (κ1) is 13.6. The number of fused-ring (bicyclic) bond motifs is 1. The average molecular weight is 274 g/mol. The van der Waals surface area contributed by atoms with Gasteiger partial charge in [-0.1, -0.05) is 0 Å². The third-order valence-corrected chi connectivity index (χ3v) is 3.07. The fourth-order valence-electron chi connectivity index (χ4n) is 2.23. The summed E-state index contributed by atoms with van der Waals surface area (Å²) in [5.74, 6) is -0.713. The lowest BCUT2D eigenvalue weighted by Crippen LogP contribution is -2.28. The molecule has 1 aliphatic rings. The van der Waals surface area contributed by atoms with Gasteiger partial charge in [0.1, 0.15) is 5.82 Å². The zero-order valence-corrected chi connectivity index (χ0v) is 10.3. The minimum atomic E-state index is -4.72. The van der Waals surface area contributed by atoms with Crippen LogP contribution in [0.5, 0.6) is 0 Å². The van der Waals surface area contributed by atoms with Crippen LogP contribution < -0.4 is 10.9 Å². The first-order valence-electron chi connectivity index (χ1n) is 5.92. The number of halogens is 3. The van der Waals surface area contributed by atoms with Gasteiger partial charge in [-0.15, -0.1) is 0 Å². The SMILES string of the molecule is CC(=O)c1c(C(F)(F)F)cc(=O)n2c1NCCCC2. The summed E-state index contributed by atoms with van der Waals surface area (Å²) in [5, 5.41) is 2.77. The molecule has 0 aromatic carbocycles. The molecule has 0 fully saturated rings. The second kappa shape index (κ2) is 4.71. The van der Waals surface area contributed by atoms with Gasteiger partial charge in [0.15, 0.2) is 5.78 Å². The van der Waals surface area contributed by atoms with Crippen molar-refractivity contribution in [3.8, 4) is 0 Å². The minimum absolute atomic E-state index is 0.00942. The number of hydrogen-bond acceptors (Lipinski definition) is 3. The molecule has 0 saturated carbocycles. The summed E-state index contributed by atoms with van der Waals surface area (Å²) in [7, 11) is 0. The number of hydrogen-bond donors (Lipinski definition) is 1. The van der Waals surface area contributed by atoms with E-state index in [1.807, 2.05) is 0 Å². The molecular formula is C12H13F3N2O2. The van der Waals surface area contributed by atoms with Crippen LogP contribution in [0.3, 0.4) is 0 Å². The predicted molar refractivity (Wildman–Crippen MR) is 63.4 cm³/mol. The zero-order chi connectivity index (χ0) is 14.2. The number of pyridine rings is 1. The van der Waals surface area contributed by atoms with Crippen LogP contribution in [0.25, 0.3) is 0 Å². The number of Topliss-reactive ketones (excluding diaryl/α,β-unsaturated/α-hetero) is 1. The Morgan fingerprint density at radius 2 is 2.05 bits per heavy atom. The van der Waals surface area contributed by atoms with Crippen LogP contribution in [0.2, 0.25) is 0 Å². The number of nitrogens with zero attached hydrogens (tertiary/aromatic N) is 1. The van der Waals surface area contributed by atoms with Gasteiger partial charge in [-0.3, -0.25) is 14.2 Å². The van der Waals surface area contributed by atoms with Crippen LogP contribution in [0.15, 0.2) is 10.9 Å². The minimum Gasteiger partial charge on any atom is -0.371 e. The summed E-state index contributed by atoms with van der Waals surface area (Å²) < 4.78 is 40.0. The van der Waals surface area contributed by atoms with E-state index in [9.17, 15) is 22.8 Å². The molecule has 1 aromatic rings. The van der Waals surface area contributed by atoms with Crippen molar-refractivity contribution in [2.45, 2.75) is 32.5 Å². The Balaban J connectivity index is 2.78. The maximum absolute atomic E-state index is 12.9. The highest BCUT2D eigenvalue weighted by atomic mass is 19.4. The topological polar surface area (TPSA) is 51.1 Å². The highest BCUT2D eigenvalue weighted by Crippen LogP contribution is 2.34.